The molecule has 1 atom stereocenters. The molecule has 0 saturated carbocycles. The Morgan fingerprint density at radius 1 is 1.17 bits per heavy atom. The van der Waals surface area contributed by atoms with E-state index in [-0.39, 0.29) is 30.1 Å². The highest BCUT2D eigenvalue weighted by atomic mass is 32.1. The number of halogens is 3. The molecule has 0 fully saturated rings. The van der Waals surface area contributed by atoms with Crippen molar-refractivity contribution < 1.29 is 22.8 Å². The topological polar surface area (TPSA) is 92.1 Å². The van der Waals surface area contributed by atoms with Gasteiger partial charge in [0.15, 0.2) is 11.6 Å². The van der Waals surface area contributed by atoms with E-state index in [1.807, 2.05) is 11.9 Å². The number of fused-ring (bicyclic) bond motifs is 1. The van der Waals surface area contributed by atoms with Crippen molar-refractivity contribution in [1.82, 2.24) is 30.1 Å². The summed E-state index contributed by atoms with van der Waals surface area (Å²) in [6, 6.07) is 0.448. The fourth-order valence-electron chi connectivity index (χ4n) is 4.16. The molecule has 1 aromatic carbocycles. The molecule has 0 unspecified atom stereocenters. The summed E-state index contributed by atoms with van der Waals surface area (Å²) in [5, 5.41) is 7.07. The number of hydrogen-bond acceptors (Lipinski definition) is 6. The number of hydrogen-bond donors (Lipinski definition) is 2. The maximum Gasteiger partial charge on any atom is 0.242 e. The molecule has 1 aliphatic rings. The van der Waals surface area contributed by atoms with E-state index in [1.165, 1.54) is 18.4 Å². The second kappa shape index (κ2) is 10.6. The van der Waals surface area contributed by atoms with Gasteiger partial charge in [0, 0.05) is 38.0 Å². The van der Waals surface area contributed by atoms with Crippen molar-refractivity contribution in [2.24, 2.45) is 0 Å². The van der Waals surface area contributed by atoms with Crippen LogP contribution in [-0.2, 0) is 35.5 Å². The van der Waals surface area contributed by atoms with E-state index in [0.29, 0.717) is 36.2 Å². The summed E-state index contributed by atoms with van der Waals surface area (Å²) in [5.41, 5.74) is 3.23. The number of rotatable bonds is 7. The van der Waals surface area contributed by atoms with Gasteiger partial charge in [-0.2, -0.15) is 0 Å². The predicted molar refractivity (Wildman–Crippen MR) is 124 cm³/mol. The monoisotopic (exact) mass is 506 g/mol. The molecule has 4 rings (SSSR count). The number of aromatic nitrogens is 3. The Morgan fingerprint density at radius 3 is 2.66 bits per heavy atom. The molecule has 0 aliphatic carbocycles. The number of nitrogens with zero attached hydrogens (tertiary/aromatic N) is 4. The van der Waals surface area contributed by atoms with Gasteiger partial charge in [-0.05, 0) is 26.1 Å². The summed E-state index contributed by atoms with van der Waals surface area (Å²) < 4.78 is 43.8. The lowest BCUT2D eigenvalue weighted by atomic mass is 10.1. The van der Waals surface area contributed by atoms with Crippen molar-refractivity contribution >= 4 is 23.2 Å². The van der Waals surface area contributed by atoms with E-state index in [0.717, 1.165) is 19.0 Å². The molecule has 2 aromatic heterocycles. The number of imidazole rings is 1. The Hall–Kier alpha value is -3.25. The summed E-state index contributed by atoms with van der Waals surface area (Å²) >= 11 is 1.39. The van der Waals surface area contributed by atoms with Crippen molar-refractivity contribution in [3.05, 3.63) is 57.6 Å². The number of likely N-dealkylation sites (N-methyl/N-ethyl adjacent to an activating group) is 1. The lowest BCUT2D eigenvalue weighted by molar-refractivity contribution is -0.128. The third-order valence-corrected chi connectivity index (χ3v) is 6.51. The molecule has 1 aliphatic heterocycles. The lowest BCUT2D eigenvalue weighted by Crippen LogP contribution is -2.47. The Bertz CT molecular complexity index is 1230. The van der Waals surface area contributed by atoms with Crippen LogP contribution < -0.4 is 10.6 Å². The highest BCUT2D eigenvalue weighted by molar-refractivity contribution is 7.07. The summed E-state index contributed by atoms with van der Waals surface area (Å²) in [6.45, 7) is 1.69. The molecular formula is C23H25F3N6O2S. The molecule has 3 heterocycles. The van der Waals surface area contributed by atoms with E-state index in [9.17, 15) is 22.8 Å². The Labute approximate surface area is 204 Å². The van der Waals surface area contributed by atoms with Gasteiger partial charge in [0.25, 0.3) is 0 Å². The third-order valence-electron chi connectivity index (χ3n) is 5.87. The van der Waals surface area contributed by atoms with Gasteiger partial charge in [-0.15, -0.1) is 11.3 Å². The van der Waals surface area contributed by atoms with E-state index in [1.54, 1.807) is 15.5 Å². The number of thiazole rings is 1. The molecule has 0 saturated heterocycles. The van der Waals surface area contributed by atoms with Crippen LogP contribution in [0, 0.1) is 17.5 Å². The van der Waals surface area contributed by atoms with Crippen LogP contribution in [0.4, 0.5) is 13.2 Å². The van der Waals surface area contributed by atoms with Crippen LogP contribution in [0.15, 0.2) is 23.0 Å². The molecule has 0 radical (unpaired) electrons. The largest absolute Gasteiger partial charge is 0.357 e. The standard InChI is InChI=1S/C23H25F3N6O2S/c1-27-23(34)19(6-13-11-35-12-28-13)29-21(33)9-18-20-10-31(2)4-3-5-32(20)22(30-18)14-7-16(25)17(26)8-15(14)24/h7-8,11-12,19H,3-6,9-10H2,1-2H3,(H,27,34)(H,29,33)/t19-/m0/s1. The second-order valence-corrected chi connectivity index (χ2v) is 9.13. The van der Waals surface area contributed by atoms with Gasteiger partial charge in [0.2, 0.25) is 11.8 Å². The molecule has 2 N–H and O–H groups in total. The Kier molecular flexibility index (Phi) is 7.51. The van der Waals surface area contributed by atoms with Crippen LogP contribution in [0.5, 0.6) is 0 Å². The lowest BCUT2D eigenvalue weighted by Gasteiger charge is -2.17. The van der Waals surface area contributed by atoms with Crippen molar-refractivity contribution in [3.63, 3.8) is 0 Å². The number of amides is 2. The van der Waals surface area contributed by atoms with Crippen molar-refractivity contribution in [2.75, 3.05) is 20.6 Å². The zero-order valence-electron chi connectivity index (χ0n) is 19.3. The van der Waals surface area contributed by atoms with Crippen molar-refractivity contribution in [3.8, 4) is 11.4 Å². The Balaban J connectivity index is 1.64. The fourth-order valence-corrected chi connectivity index (χ4v) is 4.73. The van der Waals surface area contributed by atoms with Crippen molar-refractivity contribution in [2.45, 2.75) is 38.4 Å². The van der Waals surface area contributed by atoms with E-state index < -0.39 is 29.4 Å². The molecule has 2 amide bonds. The highest BCUT2D eigenvalue weighted by Gasteiger charge is 2.27. The minimum Gasteiger partial charge on any atom is -0.357 e. The number of nitrogens with one attached hydrogen (secondary N) is 2. The minimum atomic E-state index is -1.28. The van der Waals surface area contributed by atoms with Gasteiger partial charge >= 0.3 is 0 Å². The fraction of sp³-hybridized carbons (Fsp3) is 0.391. The summed E-state index contributed by atoms with van der Waals surface area (Å²) in [7, 11) is 3.40. The summed E-state index contributed by atoms with van der Waals surface area (Å²) in [6.07, 6.45) is 0.791. The van der Waals surface area contributed by atoms with Crippen LogP contribution in [0.1, 0.15) is 23.5 Å². The zero-order chi connectivity index (χ0) is 25.1. The average Bonchev–Trinajstić information content (AvgIpc) is 3.39. The summed E-state index contributed by atoms with van der Waals surface area (Å²) in [5.74, 6) is -4.07. The van der Waals surface area contributed by atoms with Crippen LogP contribution in [-0.4, -0.2) is 57.9 Å². The highest BCUT2D eigenvalue weighted by Crippen LogP contribution is 2.29. The normalized spacial score (nSPS) is 14.8. The van der Waals surface area contributed by atoms with E-state index in [2.05, 4.69) is 20.6 Å². The third kappa shape index (κ3) is 5.54. The molecular weight excluding hydrogens is 481 g/mol. The van der Waals surface area contributed by atoms with Gasteiger partial charge in [0.05, 0.1) is 34.6 Å². The summed E-state index contributed by atoms with van der Waals surface area (Å²) in [4.78, 5) is 36.0. The molecule has 186 valence electrons. The molecule has 3 aromatic rings. The first kappa shape index (κ1) is 24.9. The maximum atomic E-state index is 14.6. The molecule has 0 spiro atoms. The van der Waals surface area contributed by atoms with Crippen LogP contribution in [0.25, 0.3) is 11.4 Å². The molecule has 12 heteroatoms. The first-order chi connectivity index (χ1) is 16.8. The van der Waals surface area contributed by atoms with Gasteiger partial charge in [0.1, 0.15) is 17.7 Å². The predicted octanol–water partition coefficient (Wildman–Crippen LogP) is 2.28. The first-order valence-corrected chi connectivity index (χ1v) is 12.0. The molecule has 0 bridgehead atoms. The number of benzene rings is 1. The van der Waals surface area contributed by atoms with E-state index >= 15 is 0 Å². The smallest absolute Gasteiger partial charge is 0.242 e. The van der Waals surface area contributed by atoms with Gasteiger partial charge in [-0.25, -0.2) is 23.1 Å². The molecule has 8 nitrogen and oxygen atoms in total. The average molecular weight is 507 g/mol. The van der Waals surface area contributed by atoms with Gasteiger partial charge < -0.3 is 20.1 Å². The number of carbonyl (C=O) groups is 2. The SMILES string of the molecule is CNC(=O)[C@H](Cc1cscn1)NC(=O)Cc1nc(-c2cc(F)c(F)cc2F)n2c1CN(C)CCC2. The Morgan fingerprint density at radius 2 is 1.94 bits per heavy atom. The number of carbonyl (C=O) groups excluding carboxylic acids is 2. The van der Waals surface area contributed by atoms with Crippen molar-refractivity contribution in [1.29, 1.82) is 0 Å². The quantitative estimate of drug-likeness (QED) is 0.480. The molecule has 35 heavy (non-hydrogen) atoms. The van der Waals surface area contributed by atoms with Gasteiger partial charge in [-0.1, -0.05) is 0 Å². The first-order valence-electron chi connectivity index (χ1n) is 11.1. The minimum absolute atomic E-state index is 0.139. The van der Waals surface area contributed by atoms with Crippen LogP contribution in [0.3, 0.4) is 0 Å². The van der Waals surface area contributed by atoms with Crippen LogP contribution >= 0.6 is 11.3 Å². The van der Waals surface area contributed by atoms with E-state index in [4.69, 9.17) is 0 Å². The maximum absolute atomic E-state index is 14.6. The van der Waals surface area contributed by atoms with Gasteiger partial charge in [-0.3, -0.25) is 9.59 Å². The van der Waals surface area contributed by atoms with Crippen LogP contribution in [0.2, 0.25) is 0 Å². The second-order valence-electron chi connectivity index (χ2n) is 8.41. The zero-order valence-corrected chi connectivity index (χ0v) is 20.1.